The predicted molar refractivity (Wildman–Crippen MR) is 78.0 cm³/mol. The van der Waals surface area contributed by atoms with Crippen LogP contribution < -0.4 is 5.32 Å². The van der Waals surface area contributed by atoms with Crippen LogP contribution in [0.4, 0.5) is 0 Å². The molecule has 0 heterocycles. The third-order valence-corrected chi connectivity index (χ3v) is 5.99. The lowest BCUT2D eigenvalue weighted by Gasteiger charge is -2.24. The number of benzene rings is 1. The Morgan fingerprint density at radius 1 is 1.25 bits per heavy atom. The number of sulfone groups is 1. The Balaban J connectivity index is 1.96. The molecule has 0 radical (unpaired) electrons. The zero-order valence-corrected chi connectivity index (χ0v) is 12.7. The second-order valence-electron chi connectivity index (χ2n) is 5.58. The average molecular weight is 295 g/mol. The molecule has 20 heavy (non-hydrogen) atoms. The van der Waals surface area contributed by atoms with Gasteiger partial charge >= 0.3 is 0 Å². The number of rotatable bonds is 5. The average Bonchev–Trinajstić information content (AvgIpc) is 2.34. The number of amides is 1. The van der Waals surface area contributed by atoms with E-state index in [4.69, 9.17) is 0 Å². The van der Waals surface area contributed by atoms with Gasteiger partial charge in [-0.05, 0) is 44.4 Å². The summed E-state index contributed by atoms with van der Waals surface area (Å²) in [6.07, 6.45) is 3.11. The molecule has 1 aliphatic rings. The molecule has 1 N–H and O–H groups in total. The van der Waals surface area contributed by atoms with Crippen LogP contribution in [-0.2, 0) is 21.2 Å². The van der Waals surface area contributed by atoms with Gasteiger partial charge in [-0.3, -0.25) is 4.79 Å². The summed E-state index contributed by atoms with van der Waals surface area (Å²) < 4.78 is 24.0. The lowest BCUT2D eigenvalue weighted by molar-refractivity contribution is -0.127. The fraction of sp³-hybridized carbons (Fsp3) is 0.533. The third kappa shape index (κ3) is 3.20. The van der Waals surface area contributed by atoms with Crippen molar-refractivity contribution < 1.29 is 13.2 Å². The van der Waals surface area contributed by atoms with E-state index in [2.05, 4.69) is 5.32 Å². The molecule has 0 spiro atoms. The van der Waals surface area contributed by atoms with Crippen LogP contribution in [0.25, 0.3) is 0 Å². The number of carbonyl (C=O) groups excluding carboxylic acids is 1. The number of hydrogen-bond donors (Lipinski definition) is 1. The Kier molecular flexibility index (Phi) is 4.48. The molecule has 0 saturated heterocycles. The van der Waals surface area contributed by atoms with Crippen molar-refractivity contribution in [2.45, 2.75) is 49.8 Å². The first kappa shape index (κ1) is 15.0. The van der Waals surface area contributed by atoms with Gasteiger partial charge in [-0.15, -0.1) is 0 Å². The zero-order chi connectivity index (χ0) is 14.8. The van der Waals surface area contributed by atoms with Crippen molar-refractivity contribution in [3.63, 3.8) is 0 Å². The summed E-state index contributed by atoms with van der Waals surface area (Å²) in [6, 6.07) is 6.74. The SMILES string of the molecule is CC(C)S(=O)(=O)c1ccc(CNC(=O)C2CCC2)cc1. The molecular formula is C15H21NO3S. The van der Waals surface area contributed by atoms with Gasteiger partial charge in [0.15, 0.2) is 9.84 Å². The van der Waals surface area contributed by atoms with Gasteiger partial charge in [0.05, 0.1) is 10.1 Å². The van der Waals surface area contributed by atoms with E-state index in [1.165, 1.54) is 0 Å². The molecule has 1 fully saturated rings. The number of hydrogen-bond acceptors (Lipinski definition) is 3. The molecule has 0 aliphatic heterocycles. The van der Waals surface area contributed by atoms with Crippen molar-refractivity contribution in [1.29, 1.82) is 0 Å². The van der Waals surface area contributed by atoms with Gasteiger partial charge in [-0.1, -0.05) is 18.6 Å². The maximum atomic E-state index is 12.0. The zero-order valence-electron chi connectivity index (χ0n) is 11.9. The fourth-order valence-corrected chi connectivity index (χ4v) is 3.13. The quantitative estimate of drug-likeness (QED) is 0.906. The van der Waals surface area contributed by atoms with Gasteiger partial charge < -0.3 is 5.32 Å². The molecule has 2 rings (SSSR count). The highest BCUT2D eigenvalue weighted by atomic mass is 32.2. The van der Waals surface area contributed by atoms with Gasteiger partial charge in [-0.25, -0.2) is 8.42 Å². The summed E-state index contributed by atoms with van der Waals surface area (Å²) in [5.74, 6) is 0.283. The Morgan fingerprint density at radius 2 is 1.85 bits per heavy atom. The van der Waals surface area contributed by atoms with Crippen molar-refractivity contribution in [2.24, 2.45) is 5.92 Å². The second kappa shape index (κ2) is 5.95. The van der Waals surface area contributed by atoms with Crippen molar-refractivity contribution >= 4 is 15.7 Å². The molecule has 1 aromatic rings. The molecule has 1 aliphatic carbocycles. The molecular weight excluding hydrogens is 274 g/mol. The van der Waals surface area contributed by atoms with Crippen LogP contribution in [0.15, 0.2) is 29.2 Å². The van der Waals surface area contributed by atoms with Crippen LogP contribution in [0.5, 0.6) is 0 Å². The van der Waals surface area contributed by atoms with Crippen LogP contribution >= 0.6 is 0 Å². The van der Waals surface area contributed by atoms with Crippen LogP contribution in [0, 0.1) is 5.92 Å². The fourth-order valence-electron chi connectivity index (χ4n) is 2.07. The summed E-state index contributed by atoms with van der Waals surface area (Å²) in [6.45, 7) is 3.79. The van der Waals surface area contributed by atoms with Crippen molar-refractivity contribution in [1.82, 2.24) is 5.32 Å². The van der Waals surface area contributed by atoms with Crippen LogP contribution in [0.2, 0.25) is 0 Å². The normalized spacial score (nSPS) is 15.9. The maximum Gasteiger partial charge on any atom is 0.223 e. The summed E-state index contributed by atoms with van der Waals surface area (Å²) >= 11 is 0. The minimum Gasteiger partial charge on any atom is -0.352 e. The summed E-state index contributed by atoms with van der Waals surface area (Å²) in [4.78, 5) is 12.0. The van der Waals surface area contributed by atoms with E-state index >= 15 is 0 Å². The Labute approximate surface area is 120 Å². The van der Waals surface area contributed by atoms with E-state index in [1.807, 2.05) is 0 Å². The molecule has 110 valence electrons. The van der Waals surface area contributed by atoms with Gasteiger partial charge in [0, 0.05) is 12.5 Å². The minimum absolute atomic E-state index is 0.107. The van der Waals surface area contributed by atoms with E-state index < -0.39 is 15.1 Å². The summed E-state index contributed by atoms with van der Waals surface area (Å²) in [5.41, 5.74) is 0.917. The molecule has 5 heteroatoms. The highest BCUT2D eigenvalue weighted by molar-refractivity contribution is 7.92. The molecule has 4 nitrogen and oxygen atoms in total. The number of carbonyl (C=O) groups is 1. The van der Waals surface area contributed by atoms with E-state index in [0.717, 1.165) is 24.8 Å². The third-order valence-electron chi connectivity index (χ3n) is 3.82. The standard InChI is InChI=1S/C15H21NO3S/c1-11(2)20(18,19)14-8-6-12(7-9-14)10-16-15(17)13-4-3-5-13/h6-9,11,13H,3-5,10H2,1-2H3,(H,16,17). The molecule has 0 atom stereocenters. The van der Waals surface area contributed by atoms with Crippen LogP contribution in [0.1, 0.15) is 38.7 Å². The molecule has 0 bridgehead atoms. The molecule has 0 aromatic heterocycles. The molecule has 1 saturated carbocycles. The second-order valence-corrected chi connectivity index (χ2v) is 8.09. The van der Waals surface area contributed by atoms with Crippen LogP contribution in [0.3, 0.4) is 0 Å². The monoisotopic (exact) mass is 295 g/mol. The Bertz CT molecular complexity index is 572. The van der Waals surface area contributed by atoms with Gasteiger partial charge in [0.2, 0.25) is 5.91 Å². The summed E-state index contributed by atoms with van der Waals surface area (Å²) in [7, 11) is -3.22. The van der Waals surface area contributed by atoms with Crippen LogP contribution in [-0.4, -0.2) is 19.6 Å². The largest absolute Gasteiger partial charge is 0.352 e. The lowest BCUT2D eigenvalue weighted by atomic mass is 9.85. The van der Waals surface area contributed by atoms with Gasteiger partial charge in [0.25, 0.3) is 0 Å². The first-order valence-corrected chi connectivity index (χ1v) is 8.56. The van der Waals surface area contributed by atoms with E-state index in [-0.39, 0.29) is 11.8 Å². The highest BCUT2D eigenvalue weighted by Crippen LogP contribution is 2.26. The van der Waals surface area contributed by atoms with E-state index in [9.17, 15) is 13.2 Å². The predicted octanol–water partition coefficient (Wildman–Crippen LogP) is 2.29. The first-order chi connectivity index (χ1) is 9.41. The highest BCUT2D eigenvalue weighted by Gasteiger charge is 2.24. The maximum absolute atomic E-state index is 12.0. The first-order valence-electron chi connectivity index (χ1n) is 7.02. The molecule has 1 aromatic carbocycles. The lowest BCUT2D eigenvalue weighted by Crippen LogP contribution is -2.33. The molecule has 0 unspecified atom stereocenters. The Hall–Kier alpha value is -1.36. The Morgan fingerprint density at radius 3 is 2.30 bits per heavy atom. The van der Waals surface area contributed by atoms with Gasteiger partial charge in [0.1, 0.15) is 0 Å². The summed E-state index contributed by atoms with van der Waals surface area (Å²) in [5, 5.41) is 2.47. The van der Waals surface area contributed by atoms with Crippen molar-refractivity contribution in [2.75, 3.05) is 0 Å². The van der Waals surface area contributed by atoms with Gasteiger partial charge in [-0.2, -0.15) is 0 Å². The van der Waals surface area contributed by atoms with Crippen molar-refractivity contribution in [3.05, 3.63) is 29.8 Å². The minimum atomic E-state index is -3.22. The number of nitrogens with one attached hydrogen (secondary N) is 1. The van der Waals surface area contributed by atoms with E-state index in [1.54, 1.807) is 38.1 Å². The van der Waals surface area contributed by atoms with Crippen molar-refractivity contribution in [3.8, 4) is 0 Å². The topological polar surface area (TPSA) is 63.2 Å². The smallest absolute Gasteiger partial charge is 0.223 e. The van der Waals surface area contributed by atoms with E-state index in [0.29, 0.717) is 11.4 Å². The molecule has 1 amide bonds.